The lowest BCUT2D eigenvalue weighted by Crippen LogP contribution is -2.12. The summed E-state index contributed by atoms with van der Waals surface area (Å²) >= 11 is 0. The lowest BCUT2D eigenvalue weighted by molar-refractivity contribution is 0.102. The molecule has 6 nitrogen and oxygen atoms in total. The minimum absolute atomic E-state index is 0.240. The SMILES string of the molecule is COc1cccc(NC(=O)c2ccc(Nc3cc(C)ccc3OC)nc2)c1. The molecular formula is C21H21N3O3. The number of anilines is 3. The molecule has 0 aliphatic carbocycles. The summed E-state index contributed by atoms with van der Waals surface area (Å²) in [6, 6.07) is 16.5. The van der Waals surface area contributed by atoms with Gasteiger partial charge in [-0.25, -0.2) is 4.98 Å². The molecule has 6 heteroatoms. The number of aromatic nitrogens is 1. The number of aryl methyl sites for hydroxylation is 1. The molecule has 3 rings (SSSR count). The molecule has 1 amide bonds. The largest absolute Gasteiger partial charge is 0.497 e. The van der Waals surface area contributed by atoms with Gasteiger partial charge in [0.1, 0.15) is 17.3 Å². The van der Waals surface area contributed by atoms with Crippen molar-refractivity contribution < 1.29 is 14.3 Å². The monoisotopic (exact) mass is 363 g/mol. The number of rotatable bonds is 6. The van der Waals surface area contributed by atoms with Crippen LogP contribution in [0.25, 0.3) is 0 Å². The van der Waals surface area contributed by atoms with Gasteiger partial charge in [0.15, 0.2) is 0 Å². The molecule has 0 atom stereocenters. The zero-order valence-corrected chi connectivity index (χ0v) is 15.4. The Morgan fingerprint density at radius 2 is 1.85 bits per heavy atom. The summed E-state index contributed by atoms with van der Waals surface area (Å²) in [5.41, 5.74) is 3.04. The first-order chi connectivity index (χ1) is 13.1. The number of ether oxygens (including phenoxy) is 2. The molecule has 0 saturated carbocycles. The first-order valence-corrected chi connectivity index (χ1v) is 8.42. The summed E-state index contributed by atoms with van der Waals surface area (Å²) in [5.74, 6) is 1.78. The van der Waals surface area contributed by atoms with Gasteiger partial charge in [-0.15, -0.1) is 0 Å². The fourth-order valence-corrected chi connectivity index (χ4v) is 2.56. The van der Waals surface area contributed by atoms with Crippen LogP contribution in [0.15, 0.2) is 60.8 Å². The zero-order chi connectivity index (χ0) is 19.2. The van der Waals surface area contributed by atoms with E-state index in [2.05, 4.69) is 15.6 Å². The Hall–Kier alpha value is -3.54. The Morgan fingerprint density at radius 3 is 2.56 bits per heavy atom. The molecule has 0 bridgehead atoms. The van der Waals surface area contributed by atoms with E-state index in [0.717, 1.165) is 17.0 Å². The molecule has 1 aromatic heterocycles. The molecule has 3 aromatic rings. The van der Waals surface area contributed by atoms with Crippen molar-refractivity contribution in [2.45, 2.75) is 6.92 Å². The number of nitrogens with one attached hydrogen (secondary N) is 2. The quantitative estimate of drug-likeness (QED) is 0.679. The van der Waals surface area contributed by atoms with Crippen LogP contribution in [0, 0.1) is 6.92 Å². The second-order valence-electron chi connectivity index (χ2n) is 5.95. The van der Waals surface area contributed by atoms with Crippen LogP contribution in [0.4, 0.5) is 17.2 Å². The molecule has 0 fully saturated rings. The van der Waals surface area contributed by atoms with E-state index in [1.54, 1.807) is 38.5 Å². The Morgan fingerprint density at radius 1 is 1.00 bits per heavy atom. The highest BCUT2D eigenvalue weighted by Gasteiger charge is 2.09. The van der Waals surface area contributed by atoms with E-state index in [4.69, 9.17) is 9.47 Å². The van der Waals surface area contributed by atoms with Gasteiger partial charge in [0.2, 0.25) is 0 Å². The smallest absolute Gasteiger partial charge is 0.257 e. The minimum atomic E-state index is -0.240. The highest BCUT2D eigenvalue weighted by molar-refractivity contribution is 6.04. The lowest BCUT2D eigenvalue weighted by atomic mass is 10.2. The second kappa shape index (κ2) is 8.23. The number of benzene rings is 2. The molecule has 0 saturated heterocycles. The third kappa shape index (κ3) is 4.55. The fourth-order valence-electron chi connectivity index (χ4n) is 2.56. The van der Waals surface area contributed by atoms with Crippen LogP contribution < -0.4 is 20.1 Å². The number of carbonyl (C=O) groups is 1. The topological polar surface area (TPSA) is 72.5 Å². The van der Waals surface area contributed by atoms with Gasteiger partial charge in [-0.1, -0.05) is 12.1 Å². The van der Waals surface area contributed by atoms with Crippen molar-refractivity contribution in [3.05, 3.63) is 71.9 Å². The van der Waals surface area contributed by atoms with Gasteiger partial charge in [0.25, 0.3) is 5.91 Å². The van der Waals surface area contributed by atoms with E-state index >= 15 is 0 Å². The number of pyridine rings is 1. The van der Waals surface area contributed by atoms with Crippen LogP contribution >= 0.6 is 0 Å². The Bertz CT molecular complexity index is 940. The first-order valence-electron chi connectivity index (χ1n) is 8.42. The van der Waals surface area contributed by atoms with Crippen molar-refractivity contribution in [3.8, 4) is 11.5 Å². The van der Waals surface area contributed by atoms with Crippen molar-refractivity contribution in [1.29, 1.82) is 0 Å². The molecule has 2 N–H and O–H groups in total. The molecule has 1 heterocycles. The van der Waals surface area contributed by atoms with Crippen LogP contribution in [-0.2, 0) is 0 Å². The maximum absolute atomic E-state index is 12.4. The van der Waals surface area contributed by atoms with Crippen LogP contribution in [0.1, 0.15) is 15.9 Å². The summed E-state index contributed by atoms with van der Waals surface area (Å²) in [7, 11) is 3.20. The Kier molecular flexibility index (Phi) is 5.56. The molecule has 138 valence electrons. The van der Waals surface area contributed by atoms with Crippen LogP contribution in [-0.4, -0.2) is 25.1 Å². The molecule has 0 unspecified atom stereocenters. The van der Waals surface area contributed by atoms with E-state index in [9.17, 15) is 4.79 Å². The van der Waals surface area contributed by atoms with Gasteiger partial charge in [0.05, 0.1) is 25.5 Å². The average molecular weight is 363 g/mol. The third-order valence-electron chi connectivity index (χ3n) is 3.97. The fraction of sp³-hybridized carbons (Fsp3) is 0.143. The average Bonchev–Trinajstić information content (AvgIpc) is 2.69. The normalized spacial score (nSPS) is 10.2. The maximum Gasteiger partial charge on any atom is 0.257 e. The van der Waals surface area contributed by atoms with E-state index < -0.39 is 0 Å². The number of hydrogen-bond donors (Lipinski definition) is 2. The van der Waals surface area contributed by atoms with E-state index in [-0.39, 0.29) is 5.91 Å². The molecule has 0 aliphatic heterocycles. The van der Waals surface area contributed by atoms with Crippen molar-refractivity contribution in [3.63, 3.8) is 0 Å². The molecule has 2 aromatic carbocycles. The van der Waals surface area contributed by atoms with Crippen LogP contribution in [0.5, 0.6) is 11.5 Å². The Balaban J connectivity index is 1.71. The predicted molar refractivity (Wildman–Crippen MR) is 106 cm³/mol. The van der Waals surface area contributed by atoms with Crippen molar-refractivity contribution >= 4 is 23.1 Å². The number of methoxy groups -OCH3 is 2. The standard InChI is InChI=1S/C21H21N3O3/c1-14-7-9-19(27-3)18(11-14)24-20-10-8-15(13-22-20)21(25)23-16-5-4-6-17(12-16)26-2/h4-13H,1-3H3,(H,22,24)(H,23,25). The second-order valence-corrected chi connectivity index (χ2v) is 5.95. The van der Waals surface area contributed by atoms with Crippen LogP contribution in [0.3, 0.4) is 0 Å². The van der Waals surface area contributed by atoms with Gasteiger partial charge in [-0.05, 0) is 48.9 Å². The van der Waals surface area contributed by atoms with Crippen molar-refractivity contribution in [2.75, 3.05) is 24.9 Å². The molecular weight excluding hydrogens is 342 g/mol. The highest BCUT2D eigenvalue weighted by Crippen LogP contribution is 2.28. The minimum Gasteiger partial charge on any atom is -0.497 e. The third-order valence-corrected chi connectivity index (χ3v) is 3.97. The zero-order valence-electron chi connectivity index (χ0n) is 15.4. The summed E-state index contributed by atoms with van der Waals surface area (Å²) < 4.78 is 10.5. The number of nitrogens with zero attached hydrogens (tertiary/aromatic N) is 1. The first kappa shape index (κ1) is 18.3. The molecule has 27 heavy (non-hydrogen) atoms. The highest BCUT2D eigenvalue weighted by atomic mass is 16.5. The molecule has 0 aliphatic rings. The van der Waals surface area contributed by atoms with E-state index in [1.165, 1.54) is 6.20 Å². The van der Waals surface area contributed by atoms with E-state index in [1.807, 2.05) is 37.3 Å². The van der Waals surface area contributed by atoms with Gasteiger partial charge in [-0.3, -0.25) is 4.79 Å². The van der Waals surface area contributed by atoms with E-state index in [0.29, 0.717) is 22.8 Å². The number of amides is 1. The summed E-state index contributed by atoms with van der Waals surface area (Å²) in [4.78, 5) is 16.7. The lowest BCUT2D eigenvalue weighted by Gasteiger charge is -2.12. The Labute approximate surface area is 158 Å². The molecule has 0 spiro atoms. The van der Waals surface area contributed by atoms with Gasteiger partial charge < -0.3 is 20.1 Å². The van der Waals surface area contributed by atoms with Crippen molar-refractivity contribution in [1.82, 2.24) is 4.98 Å². The number of carbonyl (C=O) groups excluding carboxylic acids is 1. The van der Waals surface area contributed by atoms with Gasteiger partial charge in [-0.2, -0.15) is 0 Å². The van der Waals surface area contributed by atoms with Crippen LogP contribution in [0.2, 0.25) is 0 Å². The summed E-state index contributed by atoms with van der Waals surface area (Å²) in [5, 5.41) is 6.04. The summed E-state index contributed by atoms with van der Waals surface area (Å²) in [6.07, 6.45) is 1.53. The van der Waals surface area contributed by atoms with Crippen molar-refractivity contribution in [2.24, 2.45) is 0 Å². The molecule has 0 radical (unpaired) electrons. The maximum atomic E-state index is 12.4. The van der Waals surface area contributed by atoms with Gasteiger partial charge >= 0.3 is 0 Å². The number of hydrogen-bond acceptors (Lipinski definition) is 5. The summed E-state index contributed by atoms with van der Waals surface area (Å²) in [6.45, 7) is 2.00. The predicted octanol–water partition coefficient (Wildman–Crippen LogP) is 4.40. The van der Waals surface area contributed by atoms with Gasteiger partial charge in [0, 0.05) is 18.0 Å².